The fourth-order valence-corrected chi connectivity index (χ4v) is 1.92. The first-order valence-electron chi connectivity index (χ1n) is 7.26. The molecule has 4 heteroatoms. The number of aromatic nitrogens is 1. The lowest BCUT2D eigenvalue weighted by atomic mass is 10.2. The van der Waals surface area contributed by atoms with Gasteiger partial charge in [-0.15, -0.1) is 0 Å². The van der Waals surface area contributed by atoms with Crippen molar-refractivity contribution >= 4 is 0 Å². The van der Waals surface area contributed by atoms with E-state index in [1.54, 1.807) is 0 Å². The maximum absolute atomic E-state index is 5.83. The lowest BCUT2D eigenvalue weighted by Crippen LogP contribution is -2.15. The lowest BCUT2D eigenvalue weighted by molar-refractivity contribution is 0.215. The van der Waals surface area contributed by atoms with Crippen molar-refractivity contribution in [2.75, 3.05) is 19.8 Å². The smallest absolute Gasteiger partial charge is 0.127 e. The van der Waals surface area contributed by atoms with Gasteiger partial charge >= 0.3 is 0 Å². The van der Waals surface area contributed by atoms with E-state index in [4.69, 9.17) is 9.47 Å². The second-order valence-electron chi connectivity index (χ2n) is 4.72. The number of nitrogens with zero attached hydrogens (tertiary/aromatic N) is 1. The molecule has 0 fully saturated rings. The van der Waals surface area contributed by atoms with Crippen LogP contribution in [0.5, 0.6) is 11.5 Å². The molecule has 0 aliphatic carbocycles. The molecular weight excluding hydrogens is 264 g/mol. The fourth-order valence-electron chi connectivity index (χ4n) is 1.92. The van der Waals surface area contributed by atoms with E-state index in [-0.39, 0.29) is 0 Å². The number of nitrogens with one attached hydrogen (secondary N) is 1. The van der Waals surface area contributed by atoms with Gasteiger partial charge in [-0.3, -0.25) is 4.98 Å². The van der Waals surface area contributed by atoms with Crippen molar-refractivity contribution in [3.8, 4) is 11.5 Å². The molecule has 4 nitrogen and oxygen atoms in total. The van der Waals surface area contributed by atoms with E-state index in [0.717, 1.165) is 35.8 Å². The first kappa shape index (κ1) is 15.3. The third-order valence-electron chi connectivity index (χ3n) is 3.00. The van der Waals surface area contributed by atoms with E-state index in [1.807, 2.05) is 49.5 Å². The molecule has 1 aromatic carbocycles. The standard InChI is InChI=1S/C17H22N2O2/c1-3-18-12-15-13-19-14(2)11-17(15)21-10-9-20-16-7-5-4-6-8-16/h4-8,11,13,18H,3,9-10,12H2,1-2H3. The Kier molecular flexibility index (Phi) is 6.03. The molecule has 2 aromatic rings. The summed E-state index contributed by atoms with van der Waals surface area (Å²) in [4.78, 5) is 4.32. The van der Waals surface area contributed by atoms with E-state index in [9.17, 15) is 0 Å². The number of aryl methyl sites for hydroxylation is 1. The highest BCUT2D eigenvalue weighted by Crippen LogP contribution is 2.18. The van der Waals surface area contributed by atoms with E-state index in [1.165, 1.54) is 0 Å². The monoisotopic (exact) mass is 286 g/mol. The topological polar surface area (TPSA) is 43.4 Å². The van der Waals surface area contributed by atoms with E-state index < -0.39 is 0 Å². The van der Waals surface area contributed by atoms with Gasteiger partial charge in [-0.05, 0) is 25.6 Å². The van der Waals surface area contributed by atoms with Gasteiger partial charge in [0.05, 0.1) is 0 Å². The number of benzene rings is 1. The predicted molar refractivity (Wildman–Crippen MR) is 83.8 cm³/mol. The molecule has 0 saturated heterocycles. The van der Waals surface area contributed by atoms with Gasteiger partial charge < -0.3 is 14.8 Å². The Bertz CT molecular complexity index is 544. The zero-order valence-corrected chi connectivity index (χ0v) is 12.6. The summed E-state index contributed by atoms with van der Waals surface area (Å²) >= 11 is 0. The summed E-state index contributed by atoms with van der Waals surface area (Å²) in [6.07, 6.45) is 1.87. The number of hydrogen-bond donors (Lipinski definition) is 1. The van der Waals surface area contributed by atoms with Gasteiger partial charge in [0.15, 0.2) is 0 Å². The molecule has 0 aliphatic rings. The molecule has 0 aliphatic heterocycles. The number of rotatable bonds is 8. The van der Waals surface area contributed by atoms with Gasteiger partial charge in [0.1, 0.15) is 24.7 Å². The molecule has 21 heavy (non-hydrogen) atoms. The van der Waals surface area contributed by atoms with Gasteiger partial charge in [0.2, 0.25) is 0 Å². The van der Waals surface area contributed by atoms with Crippen molar-refractivity contribution in [2.24, 2.45) is 0 Å². The third kappa shape index (κ3) is 5.08. The second-order valence-corrected chi connectivity index (χ2v) is 4.72. The SMILES string of the molecule is CCNCc1cnc(C)cc1OCCOc1ccccc1. The summed E-state index contributed by atoms with van der Waals surface area (Å²) in [5, 5.41) is 3.29. The molecule has 1 aromatic heterocycles. The summed E-state index contributed by atoms with van der Waals surface area (Å²) in [7, 11) is 0. The quantitative estimate of drug-likeness (QED) is 0.758. The summed E-state index contributed by atoms with van der Waals surface area (Å²) in [6.45, 7) is 6.76. The van der Waals surface area contributed by atoms with Crippen molar-refractivity contribution < 1.29 is 9.47 Å². The first-order valence-corrected chi connectivity index (χ1v) is 7.26. The van der Waals surface area contributed by atoms with Crippen LogP contribution in [0.25, 0.3) is 0 Å². The molecule has 2 rings (SSSR count). The minimum Gasteiger partial charge on any atom is -0.490 e. The van der Waals surface area contributed by atoms with E-state index >= 15 is 0 Å². The van der Waals surface area contributed by atoms with Crippen LogP contribution in [0.1, 0.15) is 18.2 Å². The largest absolute Gasteiger partial charge is 0.490 e. The molecule has 1 N–H and O–H groups in total. The average Bonchev–Trinajstić information content (AvgIpc) is 2.52. The Hall–Kier alpha value is -2.07. The van der Waals surface area contributed by atoms with Crippen LogP contribution < -0.4 is 14.8 Å². The molecule has 0 radical (unpaired) electrons. The number of ether oxygens (including phenoxy) is 2. The molecule has 1 heterocycles. The van der Waals surface area contributed by atoms with Gasteiger partial charge in [0, 0.05) is 30.1 Å². The highest BCUT2D eigenvalue weighted by atomic mass is 16.5. The van der Waals surface area contributed by atoms with Crippen LogP contribution in [0.3, 0.4) is 0 Å². The molecule has 0 atom stereocenters. The first-order chi connectivity index (χ1) is 10.3. The summed E-state index contributed by atoms with van der Waals surface area (Å²) < 4.78 is 11.5. The van der Waals surface area contributed by atoms with Crippen molar-refractivity contribution in [3.63, 3.8) is 0 Å². The molecular formula is C17H22N2O2. The minimum absolute atomic E-state index is 0.511. The van der Waals surface area contributed by atoms with Crippen molar-refractivity contribution in [2.45, 2.75) is 20.4 Å². The van der Waals surface area contributed by atoms with Gasteiger partial charge in [-0.1, -0.05) is 25.1 Å². The number of para-hydroxylation sites is 1. The van der Waals surface area contributed by atoms with Crippen molar-refractivity contribution in [3.05, 3.63) is 53.9 Å². The molecule has 0 spiro atoms. The molecule has 0 saturated carbocycles. The maximum Gasteiger partial charge on any atom is 0.127 e. The van der Waals surface area contributed by atoms with Crippen LogP contribution in [-0.2, 0) is 6.54 Å². The summed E-state index contributed by atoms with van der Waals surface area (Å²) in [6, 6.07) is 11.7. The summed E-state index contributed by atoms with van der Waals surface area (Å²) in [5.41, 5.74) is 2.02. The van der Waals surface area contributed by atoms with Crippen LogP contribution in [0.2, 0.25) is 0 Å². The Morgan fingerprint density at radius 2 is 1.86 bits per heavy atom. The maximum atomic E-state index is 5.83. The van der Waals surface area contributed by atoms with E-state index in [2.05, 4.69) is 17.2 Å². The Labute approximate surface area is 126 Å². The van der Waals surface area contributed by atoms with Crippen LogP contribution in [0.4, 0.5) is 0 Å². The highest BCUT2D eigenvalue weighted by Gasteiger charge is 2.05. The highest BCUT2D eigenvalue weighted by molar-refractivity contribution is 5.32. The molecule has 0 amide bonds. The molecule has 0 unspecified atom stereocenters. The minimum atomic E-state index is 0.511. The fraction of sp³-hybridized carbons (Fsp3) is 0.353. The van der Waals surface area contributed by atoms with Gasteiger partial charge in [-0.2, -0.15) is 0 Å². The third-order valence-corrected chi connectivity index (χ3v) is 3.00. The Morgan fingerprint density at radius 3 is 2.62 bits per heavy atom. The zero-order chi connectivity index (χ0) is 14.9. The molecule has 0 bridgehead atoms. The second kappa shape index (κ2) is 8.27. The molecule has 112 valence electrons. The zero-order valence-electron chi connectivity index (χ0n) is 12.6. The van der Waals surface area contributed by atoms with Gasteiger partial charge in [0.25, 0.3) is 0 Å². The average molecular weight is 286 g/mol. The predicted octanol–water partition coefficient (Wildman–Crippen LogP) is 2.96. The van der Waals surface area contributed by atoms with Gasteiger partial charge in [-0.25, -0.2) is 0 Å². The summed E-state index contributed by atoms with van der Waals surface area (Å²) in [5.74, 6) is 1.74. The normalized spacial score (nSPS) is 10.4. The van der Waals surface area contributed by atoms with Crippen molar-refractivity contribution in [1.82, 2.24) is 10.3 Å². The van der Waals surface area contributed by atoms with Crippen LogP contribution in [0, 0.1) is 6.92 Å². The van der Waals surface area contributed by atoms with Crippen LogP contribution in [0.15, 0.2) is 42.6 Å². The lowest BCUT2D eigenvalue weighted by Gasteiger charge is -2.13. The Morgan fingerprint density at radius 1 is 1.10 bits per heavy atom. The van der Waals surface area contributed by atoms with Crippen LogP contribution >= 0.6 is 0 Å². The number of hydrogen-bond acceptors (Lipinski definition) is 4. The van der Waals surface area contributed by atoms with Crippen molar-refractivity contribution in [1.29, 1.82) is 0 Å². The van der Waals surface area contributed by atoms with Crippen LogP contribution in [-0.4, -0.2) is 24.7 Å². The Balaban J connectivity index is 1.85. The number of pyridine rings is 1. The van der Waals surface area contributed by atoms with E-state index in [0.29, 0.717) is 13.2 Å².